The zero-order valence-corrected chi connectivity index (χ0v) is 10.7. The molecule has 0 aliphatic heterocycles. The predicted molar refractivity (Wildman–Crippen MR) is 65.8 cm³/mol. The van der Waals surface area contributed by atoms with Crippen LogP contribution < -0.4 is 0 Å². The van der Waals surface area contributed by atoms with Crippen molar-refractivity contribution in [1.82, 2.24) is 4.98 Å². The monoisotopic (exact) mass is 279 g/mol. The summed E-state index contributed by atoms with van der Waals surface area (Å²) in [5.74, 6) is -1.75. The summed E-state index contributed by atoms with van der Waals surface area (Å²) >= 11 is 1.17. The van der Waals surface area contributed by atoms with Gasteiger partial charge in [0.25, 0.3) is 0 Å². The molecule has 0 radical (unpaired) electrons. The second-order valence-electron chi connectivity index (χ2n) is 3.54. The minimum absolute atomic E-state index is 0.378. The third-order valence-electron chi connectivity index (χ3n) is 2.29. The number of ketones is 2. The van der Waals surface area contributed by atoms with Crippen LogP contribution in [0.4, 0.5) is 0 Å². The van der Waals surface area contributed by atoms with Crippen molar-refractivity contribution in [1.29, 1.82) is 0 Å². The van der Waals surface area contributed by atoms with Gasteiger partial charge in [-0.15, -0.1) is 11.3 Å². The lowest BCUT2D eigenvalue weighted by Crippen LogP contribution is -2.18. The molecule has 2 rings (SSSR count). The Labute approximate surface area is 112 Å². The van der Waals surface area contributed by atoms with Crippen LogP contribution in [-0.4, -0.2) is 29.6 Å². The minimum atomic E-state index is -1.01. The number of carbonyl (C=O) groups is 3. The van der Waals surface area contributed by atoms with Crippen molar-refractivity contribution in [2.75, 3.05) is 7.11 Å². The van der Waals surface area contributed by atoms with Crippen molar-refractivity contribution in [3.8, 4) is 10.6 Å². The molecule has 19 heavy (non-hydrogen) atoms. The number of esters is 1. The van der Waals surface area contributed by atoms with Crippen LogP contribution in [0.5, 0.6) is 0 Å². The van der Waals surface area contributed by atoms with Gasteiger partial charge in [-0.25, -0.2) is 9.78 Å². The topological polar surface area (TPSA) is 86.5 Å². The van der Waals surface area contributed by atoms with Crippen LogP contribution in [0.2, 0.25) is 0 Å². The van der Waals surface area contributed by atoms with Gasteiger partial charge in [0.15, 0.2) is 17.9 Å². The van der Waals surface area contributed by atoms with Crippen molar-refractivity contribution in [3.63, 3.8) is 0 Å². The summed E-state index contributed by atoms with van der Waals surface area (Å²) in [6, 6.07) is 3.27. The SMILES string of the molecule is COC(=O)C(=O)CC(=O)c1ccc(-c2cnco2)s1. The smallest absolute Gasteiger partial charge is 0.374 e. The molecular weight excluding hydrogens is 270 g/mol. The Kier molecular flexibility index (Phi) is 3.86. The molecule has 0 N–H and O–H groups in total. The molecule has 0 unspecified atom stereocenters. The summed E-state index contributed by atoms with van der Waals surface area (Å²) in [6.45, 7) is 0. The highest BCUT2D eigenvalue weighted by atomic mass is 32.1. The summed E-state index contributed by atoms with van der Waals surface area (Å²) in [5, 5.41) is 0. The van der Waals surface area contributed by atoms with E-state index in [9.17, 15) is 14.4 Å². The summed E-state index contributed by atoms with van der Waals surface area (Å²) in [7, 11) is 1.10. The molecule has 2 aromatic heterocycles. The third-order valence-corrected chi connectivity index (χ3v) is 3.43. The van der Waals surface area contributed by atoms with Crippen LogP contribution in [0.1, 0.15) is 16.1 Å². The van der Waals surface area contributed by atoms with Crippen molar-refractivity contribution in [2.45, 2.75) is 6.42 Å². The summed E-state index contributed by atoms with van der Waals surface area (Å²) < 4.78 is 9.35. The van der Waals surface area contributed by atoms with Crippen LogP contribution in [0, 0.1) is 0 Å². The van der Waals surface area contributed by atoms with Gasteiger partial charge in [-0.3, -0.25) is 9.59 Å². The molecule has 0 atom stereocenters. The van der Waals surface area contributed by atoms with E-state index >= 15 is 0 Å². The van der Waals surface area contributed by atoms with Crippen LogP contribution in [0.25, 0.3) is 10.6 Å². The van der Waals surface area contributed by atoms with E-state index in [0.29, 0.717) is 10.6 Å². The zero-order valence-electron chi connectivity index (χ0n) is 9.91. The normalized spacial score (nSPS) is 10.2. The first kappa shape index (κ1) is 13.2. The summed E-state index contributed by atoms with van der Waals surface area (Å²) in [5.41, 5.74) is 0. The quantitative estimate of drug-likeness (QED) is 0.358. The fourth-order valence-corrected chi connectivity index (χ4v) is 2.27. The third kappa shape index (κ3) is 2.94. The number of hydrogen-bond donors (Lipinski definition) is 0. The maximum atomic E-state index is 11.8. The molecular formula is C12H9NO5S. The van der Waals surface area contributed by atoms with Crippen LogP contribution >= 0.6 is 11.3 Å². The molecule has 7 heteroatoms. The van der Waals surface area contributed by atoms with E-state index in [2.05, 4.69) is 9.72 Å². The highest BCUT2D eigenvalue weighted by molar-refractivity contribution is 7.17. The zero-order chi connectivity index (χ0) is 13.8. The first-order valence-corrected chi connectivity index (χ1v) is 6.06. The number of thiophene rings is 1. The van der Waals surface area contributed by atoms with Gasteiger partial charge in [0, 0.05) is 0 Å². The number of rotatable bonds is 5. The van der Waals surface area contributed by atoms with Gasteiger partial charge in [0.1, 0.15) is 0 Å². The number of hydrogen-bond acceptors (Lipinski definition) is 7. The fraction of sp³-hybridized carbons (Fsp3) is 0.167. The molecule has 2 heterocycles. The number of carbonyl (C=O) groups excluding carboxylic acids is 3. The lowest BCUT2D eigenvalue weighted by Gasteiger charge is -1.96. The van der Waals surface area contributed by atoms with Crippen molar-refractivity contribution >= 4 is 28.9 Å². The van der Waals surface area contributed by atoms with Gasteiger partial charge in [-0.05, 0) is 12.1 Å². The maximum Gasteiger partial charge on any atom is 0.374 e. The lowest BCUT2D eigenvalue weighted by molar-refractivity contribution is -0.151. The Hall–Kier alpha value is -2.28. The van der Waals surface area contributed by atoms with E-state index in [-0.39, 0.29) is 0 Å². The second-order valence-corrected chi connectivity index (χ2v) is 4.63. The fourth-order valence-electron chi connectivity index (χ4n) is 1.38. The number of aromatic nitrogens is 1. The molecule has 0 aliphatic rings. The van der Waals surface area contributed by atoms with Gasteiger partial charge < -0.3 is 9.15 Å². The number of oxazole rings is 1. The standard InChI is InChI=1S/C12H9NO5S/c1-17-12(16)8(15)4-7(14)10-2-3-11(19-10)9-5-13-6-18-9/h2-3,5-6H,4H2,1H3. The van der Waals surface area contributed by atoms with Gasteiger partial charge in [0.05, 0.1) is 29.5 Å². The summed E-state index contributed by atoms with van der Waals surface area (Å²) in [4.78, 5) is 38.9. The Morgan fingerprint density at radius 3 is 2.79 bits per heavy atom. The van der Waals surface area contributed by atoms with Gasteiger partial charge >= 0.3 is 5.97 Å². The van der Waals surface area contributed by atoms with E-state index in [1.54, 1.807) is 12.1 Å². The van der Waals surface area contributed by atoms with E-state index < -0.39 is 24.0 Å². The molecule has 0 spiro atoms. The highest BCUT2D eigenvalue weighted by Gasteiger charge is 2.20. The van der Waals surface area contributed by atoms with E-state index in [1.165, 1.54) is 23.9 Å². The van der Waals surface area contributed by atoms with Crippen molar-refractivity contribution < 1.29 is 23.5 Å². The lowest BCUT2D eigenvalue weighted by atomic mass is 10.2. The summed E-state index contributed by atoms with van der Waals surface area (Å²) in [6.07, 6.45) is 2.32. The number of nitrogens with zero attached hydrogens (tertiary/aromatic N) is 1. The molecule has 2 aromatic rings. The Balaban J connectivity index is 2.09. The second kappa shape index (κ2) is 5.57. The molecule has 6 nitrogen and oxygen atoms in total. The van der Waals surface area contributed by atoms with Crippen LogP contribution in [0.3, 0.4) is 0 Å². The molecule has 0 amide bonds. The average Bonchev–Trinajstić information content (AvgIpc) is 3.07. The molecule has 98 valence electrons. The van der Waals surface area contributed by atoms with Crippen LogP contribution in [0.15, 0.2) is 29.1 Å². The Bertz CT molecular complexity index is 614. The largest absolute Gasteiger partial charge is 0.463 e. The van der Waals surface area contributed by atoms with Crippen molar-refractivity contribution in [2.24, 2.45) is 0 Å². The van der Waals surface area contributed by atoms with Gasteiger partial charge in [-0.1, -0.05) is 0 Å². The molecule has 0 aromatic carbocycles. The van der Waals surface area contributed by atoms with E-state index in [1.807, 2.05) is 0 Å². The minimum Gasteiger partial charge on any atom is -0.463 e. The van der Waals surface area contributed by atoms with Gasteiger partial charge in [0.2, 0.25) is 5.78 Å². The molecule has 0 saturated heterocycles. The van der Waals surface area contributed by atoms with Gasteiger partial charge in [-0.2, -0.15) is 0 Å². The Morgan fingerprint density at radius 1 is 1.37 bits per heavy atom. The molecule has 0 saturated carbocycles. The number of ether oxygens (including phenoxy) is 1. The molecule has 0 aliphatic carbocycles. The van der Waals surface area contributed by atoms with E-state index in [0.717, 1.165) is 12.0 Å². The number of Topliss-reactive ketones (excluding diaryl/α,β-unsaturated/α-hetero) is 2. The van der Waals surface area contributed by atoms with Crippen molar-refractivity contribution in [3.05, 3.63) is 29.6 Å². The average molecular weight is 279 g/mol. The first-order chi connectivity index (χ1) is 9.11. The van der Waals surface area contributed by atoms with E-state index in [4.69, 9.17) is 4.42 Å². The first-order valence-electron chi connectivity index (χ1n) is 5.25. The van der Waals surface area contributed by atoms with Crippen LogP contribution in [-0.2, 0) is 14.3 Å². The highest BCUT2D eigenvalue weighted by Crippen LogP contribution is 2.28. The Morgan fingerprint density at radius 2 is 2.16 bits per heavy atom. The molecule has 0 bridgehead atoms. The predicted octanol–water partition coefficient (Wildman–Crippen LogP) is 1.72. The molecule has 0 fully saturated rings. The maximum absolute atomic E-state index is 11.8. The number of methoxy groups -OCH3 is 1.